The van der Waals surface area contributed by atoms with Crippen LogP contribution in [-0.2, 0) is 11.3 Å². The predicted molar refractivity (Wildman–Crippen MR) is 101 cm³/mol. The van der Waals surface area contributed by atoms with E-state index < -0.39 is 23.9 Å². The van der Waals surface area contributed by atoms with Crippen LogP contribution in [0.25, 0.3) is 10.2 Å². The molecule has 0 saturated heterocycles. The van der Waals surface area contributed by atoms with Gasteiger partial charge in [0.2, 0.25) is 5.91 Å². The van der Waals surface area contributed by atoms with Crippen LogP contribution >= 0.6 is 27.3 Å². The van der Waals surface area contributed by atoms with Crippen molar-refractivity contribution in [1.82, 2.24) is 14.8 Å². The number of carbonyl (C=O) groups is 2. The second-order valence-corrected chi connectivity index (χ2v) is 7.65. The molecule has 3 aromatic heterocycles. The fraction of sp³-hybridized carbons (Fsp3) is 0.250. The molecule has 0 spiro atoms. The molecule has 0 aliphatic heterocycles. The molecule has 142 valence electrons. The summed E-state index contributed by atoms with van der Waals surface area (Å²) in [6.07, 6.45) is -1.18. The summed E-state index contributed by atoms with van der Waals surface area (Å²) in [5.41, 5.74) is 6.41. The smallest absolute Gasteiger partial charge is 0.280 e. The maximum atomic E-state index is 13.0. The Bertz CT molecular complexity index is 1060. The Labute approximate surface area is 164 Å². The number of carbonyl (C=O) groups excluding carboxylic acids is 2. The zero-order valence-corrected chi connectivity index (χ0v) is 16.6. The number of hydrogen-bond donors (Lipinski definition) is 2. The number of pyridine rings is 1. The monoisotopic (exact) mass is 457 g/mol. The van der Waals surface area contributed by atoms with E-state index in [1.54, 1.807) is 20.0 Å². The zero-order valence-electron chi connectivity index (χ0n) is 14.2. The van der Waals surface area contributed by atoms with Crippen LogP contribution in [0.2, 0.25) is 0 Å². The van der Waals surface area contributed by atoms with Gasteiger partial charge in [0.25, 0.3) is 12.3 Å². The predicted octanol–water partition coefficient (Wildman–Crippen LogP) is 3.55. The minimum Gasteiger partial charge on any atom is -0.365 e. The van der Waals surface area contributed by atoms with Gasteiger partial charge in [-0.3, -0.25) is 14.3 Å². The number of primary amides is 1. The van der Waals surface area contributed by atoms with Crippen LogP contribution in [0.5, 0.6) is 0 Å². The molecule has 0 bridgehead atoms. The molecule has 0 saturated carbocycles. The van der Waals surface area contributed by atoms with Crippen molar-refractivity contribution in [3.63, 3.8) is 0 Å². The fourth-order valence-electron chi connectivity index (χ4n) is 2.61. The molecule has 3 rings (SSSR count). The SMILES string of the molecule is Cc1cc(C(F)F)nc2sc(C(N)=O)c(NC(=O)Cn3ncc(Br)c3C)c12. The van der Waals surface area contributed by atoms with Crippen LogP contribution in [0, 0.1) is 13.8 Å². The molecule has 3 aromatic rings. The van der Waals surface area contributed by atoms with Crippen molar-refractivity contribution in [2.75, 3.05) is 5.32 Å². The standard InChI is InChI=1S/C16H14BrF2N5O2S/c1-6-3-9(14(18)19)22-16-11(6)12(13(27-16)15(20)26)23-10(25)5-24-7(2)8(17)4-21-24/h3-4,14H,5H2,1-2H3,(H2,20,26)(H,23,25). The molecule has 11 heteroatoms. The third-order valence-corrected chi connectivity index (χ3v) is 5.80. The largest absolute Gasteiger partial charge is 0.365 e. The van der Waals surface area contributed by atoms with Gasteiger partial charge in [-0.15, -0.1) is 11.3 Å². The van der Waals surface area contributed by atoms with Crippen molar-refractivity contribution in [2.45, 2.75) is 26.8 Å². The van der Waals surface area contributed by atoms with E-state index in [0.717, 1.165) is 21.5 Å². The van der Waals surface area contributed by atoms with Crippen molar-refractivity contribution >= 4 is 55.0 Å². The molecule has 3 heterocycles. The highest BCUT2D eigenvalue weighted by Crippen LogP contribution is 2.38. The summed E-state index contributed by atoms with van der Waals surface area (Å²) in [7, 11) is 0. The van der Waals surface area contributed by atoms with Crippen LogP contribution in [0.15, 0.2) is 16.7 Å². The van der Waals surface area contributed by atoms with Crippen molar-refractivity contribution in [2.24, 2.45) is 5.73 Å². The number of fused-ring (bicyclic) bond motifs is 1. The maximum Gasteiger partial charge on any atom is 0.280 e. The number of amides is 2. The van der Waals surface area contributed by atoms with Crippen LogP contribution in [0.4, 0.5) is 14.5 Å². The molecule has 0 fully saturated rings. The van der Waals surface area contributed by atoms with E-state index in [1.807, 2.05) is 0 Å². The van der Waals surface area contributed by atoms with Crippen LogP contribution in [0.1, 0.15) is 33.0 Å². The van der Waals surface area contributed by atoms with Crippen LogP contribution in [-0.4, -0.2) is 26.6 Å². The second-order valence-electron chi connectivity index (χ2n) is 5.80. The second kappa shape index (κ2) is 7.31. The number of anilines is 1. The van der Waals surface area contributed by atoms with E-state index in [1.165, 1.54) is 10.7 Å². The lowest BCUT2D eigenvalue weighted by Crippen LogP contribution is -2.22. The average molecular weight is 458 g/mol. The van der Waals surface area contributed by atoms with E-state index in [-0.39, 0.29) is 21.9 Å². The first-order valence-electron chi connectivity index (χ1n) is 7.68. The fourth-order valence-corrected chi connectivity index (χ4v) is 3.97. The molecular formula is C16H14BrF2N5O2S. The van der Waals surface area contributed by atoms with Gasteiger partial charge in [0.15, 0.2) is 0 Å². The van der Waals surface area contributed by atoms with E-state index in [4.69, 9.17) is 5.73 Å². The summed E-state index contributed by atoms with van der Waals surface area (Å²) in [6.45, 7) is 3.31. The third kappa shape index (κ3) is 3.69. The van der Waals surface area contributed by atoms with Crippen molar-refractivity contribution < 1.29 is 18.4 Å². The lowest BCUT2D eigenvalue weighted by Gasteiger charge is -2.09. The number of alkyl halides is 2. The summed E-state index contributed by atoms with van der Waals surface area (Å²) in [6, 6.07) is 1.23. The number of nitrogens with two attached hydrogens (primary N) is 1. The van der Waals surface area contributed by atoms with Gasteiger partial charge in [-0.05, 0) is 41.4 Å². The Morgan fingerprint density at radius 1 is 1.41 bits per heavy atom. The molecule has 0 atom stereocenters. The van der Waals surface area contributed by atoms with Gasteiger partial charge in [-0.1, -0.05) is 0 Å². The van der Waals surface area contributed by atoms with E-state index in [0.29, 0.717) is 10.9 Å². The Balaban J connectivity index is 2.01. The normalized spacial score (nSPS) is 11.3. The molecule has 27 heavy (non-hydrogen) atoms. The lowest BCUT2D eigenvalue weighted by molar-refractivity contribution is -0.116. The topological polar surface area (TPSA) is 103 Å². The van der Waals surface area contributed by atoms with Gasteiger partial charge >= 0.3 is 0 Å². The van der Waals surface area contributed by atoms with E-state index >= 15 is 0 Å². The van der Waals surface area contributed by atoms with Crippen molar-refractivity contribution in [3.8, 4) is 0 Å². The maximum absolute atomic E-state index is 13.0. The first-order valence-corrected chi connectivity index (χ1v) is 9.29. The minimum absolute atomic E-state index is 0.0544. The lowest BCUT2D eigenvalue weighted by atomic mass is 10.1. The molecule has 0 radical (unpaired) electrons. The number of thiophene rings is 1. The number of rotatable bonds is 5. The number of nitrogens with one attached hydrogen (secondary N) is 1. The molecule has 3 N–H and O–H groups in total. The first kappa shape index (κ1) is 19.4. The number of nitrogens with zero attached hydrogens (tertiary/aromatic N) is 3. The molecule has 0 unspecified atom stereocenters. The van der Waals surface area contributed by atoms with Crippen molar-refractivity contribution in [3.05, 3.63) is 38.6 Å². The van der Waals surface area contributed by atoms with Gasteiger partial charge in [0.1, 0.15) is 21.9 Å². The summed E-state index contributed by atoms with van der Waals surface area (Å²) < 4.78 is 28.2. The summed E-state index contributed by atoms with van der Waals surface area (Å²) in [4.78, 5) is 28.4. The Kier molecular flexibility index (Phi) is 5.24. The molecule has 0 aromatic carbocycles. The number of aryl methyl sites for hydroxylation is 1. The van der Waals surface area contributed by atoms with Gasteiger partial charge in [0.05, 0.1) is 22.1 Å². The quantitative estimate of drug-likeness (QED) is 0.611. The summed E-state index contributed by atoms with van der Waals surface area (Å²) in [5, 5.41) is 7.15. The molecule has 0 aliphatic rings. The molecule has 0 aliphatic carbocycles. The number of halogens is 3. The average Bonchev–Trinajstić information content (AvgIpc) is 3.10. The zero-order chi connectivity index (χ0) is 19.9. The Morgan fingerprint density at radius 2 is 2.11 bits per heavy atom. The van der Waals surface area contributed by atoms with Gasteiger partial charge in [0, 0.05) is 5.39 Å². The highest BCUT2D eigenvalue weighted by molar-refractivity contribution is 9.10. The Hall–Kier alpha value is -2.40. The van der Waals surface area contributed by atoms with Gasteiger partial charge in [-0.2, -0.15) is 5.10 Å². The summed E-state index contributed by atoms with van der Waals surface area (Å²) in [5.74, 6) is -1.21. The van der Waals surface area contributed by atoms with Crippen LogP contribution in [0.3, 0.4) is 0 Å². The number of hydrogen-bond acceptors (Lipinski definition) is 5. The highest BCUT2D eigenvalue weighted by atomic mass is 79.9. The van der Waals surface area contributed by atoms with Gasteiger partial charge < -0.3 is 11.1 Å². The molecular weight excluding hydrogens is 444 g/mol. The third-order valence-electron chi connectivity index (χ3n) is 3.93. The van der Waals surface area contributed by atoms with E-state index in [9.17, 15) is 18.4 Å². The Morgan fingerprint density at radius 3 is 2.67 bits per heavy atom. The minimum atomic E-state index is -2.74. The number of aromatic nitrogens is 3. The van der Waals surface area contributed by atoms with Gasteiger partial charge in [-0.25, -0.2) is 13.8 Å². The van der Waals surface area contributed by atoms with Crippen LogP contribution < -0.4 is 11.1 Å². The first-order chi connectivity index (χ1) is 12.7. The molecule has 7 nitrogen and oxygen atoms in total. The highest BCUT2D eigenvalue weighted by Gasteiger charge is 2.23. The summed E-state index contributed by atoms with van der Waals surface area (Å²) >= 11 is 4.18. The molecule has 2 amide bonds. The van der Waals surface area contributed by atoms with Crippen molar-refractivity contribution in [1.29, 1.82) is 0 Å². The van der Waals surface area contributed by atoms with E-state index in [2.05, 4.69) is 31.3 Å².